The van der Waals surface area contributed by atoms with Gasteiger partial charge in [0.1, 0.15) is 0 Å². The molecule has 6 nitrogen and oxygen atoms in total. The van der Waals surface area contributed by atoms with Crippen molar-refractivity contribution < 1.29 is 18.3 Å². The summed E-state index contributed by atoms with van der Waals surface area (Å²) in [5.41, 5.74) is 2.74. The lowest BCUT2D eigenvalue weighted by Gasteiger charge is -2.10. The van der Waals surface area contributed by atoms with Gasteiger partial charge >= 0.3 is 5.97 Å². The normalized spacial score (nSPS) is 11.5. The van der Waals surface area contributed by atoms with Crippen LogP contribution in [0.25, 0.3) is 10.9 Å². The third-order valence-electron chi connectivity index (χ3n) is 3.79. The second-order valence-electron chi connectivity index (χ2n) is 5.56. The average molecular weight is 344 g/mol. The lowest BCUT2D eigenvalue weighted by Crippen LogP contribution is -2.15. The Morgan fingerprint density at radius 2 is 1.96 bits per heavy atom. The van der Waals surface area contributed by atoms with E-state index in [0.29, 0.717) is 16.6 Å². The van der Waals surface area contributed by atoms with E-state index in [9.17, 15) is 13.2 Å². The monoisotopic (exact) mass is 344 g/mol. The van der Waals surface area contributed by atoms with Crippen molar-refractivity contribution in [3.63, 3.8) is 0 Å². The number of aromatic nitrogens is 1. The van der Waals surface area contributed by atoms with Crippen LogP contribution >= 0.6 is 0 Å². The van der Waals surface area contributed by atoms with Gasteiger partial charge in [0.15, 0.2) is 0 Å². The molecule has 2 aromatic carbocycles. The van der Waals surface area contributed by atoms with Gasteiger partial charge in [0.2, 0.25) is 10.0 Å². The van der Waals surface area contributed by atoms with Crippen molar-refractivity contribution in [2.75, 3.05) is 4.72 Å². The highest BCUT2D eigenvalue weighted by Gasteiger charge is 2.15. The molecular weight excluding hydrogens is 328 g/mol. The standard InChI is InChI=1S/C17H16N2O4S/c1-11-4-2-3-5-12(11)10-24(22,23)19-13-6-7-14-15(17(20)21)9-18-16(14)8-13/h2-9,18-19H,10H2,1H3,(H,20,21). The van der Waals surface area contributed by atoms with Gasteiger partial charge in [-0.1, -0.05) is 24.3 Å². The number of fused-ring (bicyclic) bond motifs is 1. The van der Waals surface area contributed by atoms with Crippen LogP contribution in [0.1, 0.15) is 21.5 Å². The van der Waals surface area contributed by atoms with E-state index in [2.05, 4.69) is 9.71 Å². The van der Waals surface area contributed by atoms with E-state index in [0.717, 1.165) is 11.1 Å². The Hall–Kier alpha value is -2.80. The number of rotatable bonds is 5. The maximum absolute atomic E-state index is 12.4. The van der Waals surface area contributed by atoms with Crippen LogP contribution in [-0.4, -0.2) is 24.5 Å². The number of sulfonamides is 1. The van der Waals surface area contributed by atoms with Gasteiger partial charge in [0.25, 0.3) is 0 Å². The summed E-state index contributed by atoms with van der Waals surface area (Å²) >= 11 is 0. The first-order valence-electron chi connectivity index (χ1n) is 7.25. The lowest BCUT2D eigenvalue weighted by molar-refractivity contribution is 0.0699. The number of aromatic amines is 1. The van der Waals surface area contributed by atoms with Gasteiger partial charge in [-0.3, -0.25) is 4.72 Å². The molecule has 1 aromatic heterocycles. The summed E-state index contributed by atoms with van der Waals surface area (Å²) in [6.07, 6.45) is 1.39. The zero-order chi connectivity index (χ0) is 17.3. The SMILES string of the molecule is Cc1ccccc1CS(=O)(=O)Nc1ccc2c(C(=O)O)c[nH]c2c1. The Morgan fingerprint density at radius 1 is 1.21 bits per heavy atom. The zero-order valence-electron chi connectivity index (χ0n) is 12.9. The van der Waals surface area contributed by atoms with Crippen molar-refractivity contribution in [3.8, 4) is 0 Å². The number of aromatic carboxylic acids is 1. The number of H-pyrrole nitrogens is 1. The van der Waals surface area contributed by atoms with Crippen LogP contribution in [-0.2, 0) is 15.8 Å². The molecule has 3 rings (SSSR count). The van der Waals surface area contributed by atoms with E-state index in [-0.39, 0.29) is 11.3 Å². The number of nitrogens with one attached hydrogen (secondary N) is 2. The van der Waals surface area contributed by atoms with Crippen LogP contribution in [0.3, 0.4) is 0 Å². The third kappa shape index (κ3) is 3.26. The van der Waals surface area contributed by atoms with Crippen molar-refractivity contribution >= 4 is 32.6 Å². The molecule has 0 aliphatic carbocycles. The summed E-state index contributed by atoms with van der Waals surface area (Å²) in [7, 11) is -3.57. The van der Waals surface area contributed by atoms with Crippen molar-refractivity contribution in [2.24, 2.45) is 0 Å². The molecular formula is C17H16N2O4S. The van der Waals surface area contributed by atoms with Gasteiger partial charge in [-0.25, -0.2) is 13.2 Å². The van der Waals surface area contributed by atoms with Crippen LogP contribution in [0.2, 0.25) is 0 Å². The summed E-state index contributed by atoms with van der Waals surface area (Å²) in [5.74, 6) is -1.16. The third-order valence-corrected chi connectivity index (χ3v) is 5.03. The molecule has 0 unspecified atom stereocenters. The molecule has 0 atom stereocenters. The quantitative estimate of drug-likeness (QED) is 0.662. The Kier molecular flexibility index (Phi) is 4.02. The fraction of sp³-hybridized carbons (Fsp3) is 0.118. The Labute approximate surface area is 139 Å². The van der Waals surface area contributed by atoms with E-state index < -0.39 is 16.0 Å². The van der Waals surface area contributed by atoms with Crippen molar-refractivity contribution in [3.05, 3.63) is 65.4 Å². The summed E-state index contributed by atoms with van der Waals surface area (Å²) in [5, 5.41) is 9.62. The van der Waals surface area contributed by atoms with Crippen LogP contribution in [0, 0.1) is 6.92 Å². The number of hydrogen-bond acceptors (Lipinski definition) is 3. The topological polar surface area (TPSA) is 99.3 Å². The fourth-order valence-electron chi connectivity index (χ4n) is 2.56. The highest BCUT2D eigenvalue weighted by molar-refractivity contribution is 7.91. The molecule has 1 heterocycles. The number of carboxylic acids is 1. The smallest absolute Gasteiger partial charge is 0.337 e. The second kappa shape index (κ2) is 6.01. The summed E-state index contributed by atoms with van der Waals surface area (Å²) in [6.45, 7) is 1.86. The molecule has 0 bridgehead atoms. The first-order chi connectivity index (χ1) is 11.4. The van der Waals surface area contributed by atoms with Gasteiger partial charge in [0.05, 0.1) is 17.0 Å². The summed E-state index contributed by atoms with van der Waals surface area (Å²) < 4.78 is 27.2. The minimum absolute atomic E-state index is 0.122. The molecule has 0 fully saturated rings. The number of anilines is 1. The van der Waals surface area contributed by atoms with Crippen molar-refractivity contribution in [2.45, 2.75) is 12.7 Å². The number of benzene rings is 2. The summed E-state index contributed by atoms with van der Waals surface area (Å²) in [6, 6.07) is 12.0. The van der Waals surface area contributed by atoms with E-state index in [1.54, 1.807) is 30.3 Å². The Balaban J connectivity index is 1.86. The average Bonchev–Trinajstić information content (AvgIpc) is 2.92. The molecule has 3 aromatic rings. The molecule has 3 N–H and O–H groups in total. The van der Waals surface area contributed by atoms with Crippen LogP contribution in [0.4, 0.5) is 5.69 Å². The predicted octanol–water partition coefficient (Wildman–Crippen LogP) is 3.12. The highest BCUT2D eigenvalue weighted by Crippen LogP contribution is 2.23. The van der Waals surface area contributed by atoms with Gasteiger partial charge in [-0.2, -0.15) is 0 Å². The van der Waals surface area contributed by atoms with E-state index in [4.69, 9.17) is 5.11 Å². The number of carbonyl (C=O) groups is 1. The first kappa shape index (κ1) is 16.1. The molecule has 0 aliphatic rings. The molecule has 0 saturated heterocycles. The molecule has 0 spiro atoms. The number of aryl methyl sites for hydroxylation is 1. The van der Waals surface area contributed by atoms with Crippen molar-refractivity contribution in [1.29, 1.82) is 0 Å². The van der Waals surface area contributed by atoms with Gasteiger partial charge in [0, 0.05) is 17.1 Å². The molecule has 0 radical (unpaired) electrons. The number of hydrogen-bond donors (Lipinski definition) is 3. The van der Waals surface area contributed by atoms with E-state index in [1.807, 2.05) is 19.1 Å². The van der Waals surface area contributed by atoms with Crippen LogP contribution in [0.5, 0.6) is 0 Å². The molecule has 24 heavy (non-hydrogen) atoms. The van der Waals surface area contributed by atoms with Gasteiger partial charge in [-0.15, -0.1) is 0 Å². The number of carboxylic acid groups (broad SMARTS) is 1. The molecule has 0 aliphatic heterocycles. The van der Waals surface area contributed by atoms with Gasteiger partial charge < -0.3 is 10.1 Å². The van der Waals surface area contributed by atoms with Crippen LogP contribution < -0.4 is 4.72 Å². The molecule has 0 saturated carbocycles. The van der Waals surface area contributed by atoms with Crippen molar-refractivity contribution in [1.82, 2.24) is 4.98 Å². The maximum atomic E-state index is 12.4. The largest absolute Gasteiger partial charge is 0.478 e. The minimum atomic E-state index is -3.57. The highest BCUT2D eigenvalue weighted by atomic mass is 32.2. The molecule has 0 amide bonds. The maximum Gasteiger partial charge on any atom is 0.337 e. The predicted molar refractivity (Wildman–Crippen MR) is 92.7 cm³/mol. The zero-order valence-corrected chi connectivity index (χ0v) is 13.7. The minimum Gasteiger partial charge on any atom is -0.478 e. The summed E-state index contributed by atoms with van der Waals surface area (Å²) in [4.78, 5) is 13.9. The van der Waals surface area contributed by atoms with E-state index in [1.165, 1.54) is 6.20 Å². The second-order valence-corrected chi connectivity index (χ2v) is 7.28. The molecule has 7 heteroatoms. The van der Waals surface area contributed by atoms with Gasteiger partial charge in [-0.05, 0) is 36.2 Å². The van der Waals surface area contributed by atoms with Crippen LogP contribution in [0.15, 0.2) is 48.7 Å². The Bertz CT molecular complexity index is 1020. The molecule has 124 valence electrons. The van der Waals surface area contributed by atoms with E-state index >= 15 is 0 Å². The first-order valence-corrected chi connectivity index (χ1v) is 8.90. The Morgan fingerprint density at radius 3 is 2.67 bits per heavy atom. The fourth-order valence-corrected chi connectivity index (χ4v) is 3.85. The lowest BCUT2D eigenvalue weighted by atomic mass is 10.1.